The molecule has 5 atom stereocenters. The molecule has 1 heterocycles. The molecule has 0 aromatic rings. The van der Waals surface area contributed by atoms with Crippen molar-refractivity contribution in [3.63, 3.8) is 0 Å². The number of ether oxygens (including phenoxy) is 6. The van der Waals surface area contributed by atoms with E-state index in [1.54, 1.807) is 0 Å². The van der Waals surface area contributed by atoms with Crippen molar-refractivity contribution in [1.29, 1.82) is 0 Å². The van der Waals surface area contributed by atoms with Gasteiger partial charge >= 0.3 is 17.9 Å². The quantitative estimate of drug-likeness (QED) is 0.176. The molecule has 1 N–H and O–H groups in total. The number of carbonyl (C=O) groups is 4. The van der Waals surface area contributed by atoms with Crippen LogP contribution in [0.5, 0.6) is 0 Å². The lowest BCUT2D eigenvalue weighted by atomic mass is 9.96. The minimum atomic E-state index is -1.19. The van der Waals surface area contributed by atoms with Crippen LogP contribution in [0.3, 0.4) is 0 Å². The van der Waals surface area contributed by atoms with Crippen molar-refractivity contribution in [2.75, 3.05) is 33.0 Å². The van der Waals surface area contributed by atoms with Crippen molar-refractivity contribution < 1.29 is 47.6 Å². The maximum absolute atomic E-state index is 11.8. The van der Waals surface area contributed by atoms with Crippen LogP contribution in [0.2, 0.25) is 0 Å². The molecule has 1 rings (SSSR count). The van der Waals surface area contributed by atoms with Crippen LogP contribution in [-0.4, -0.2) is 87.4 Å². The highest BCUT2D eigenvalue weighted by Gasteiger charge is 2.51. The zero-order chi connectivity index (χ0) is 23.4. The molecule has 1 aliphatic heterocycles. The predicted molar refractivity (Wildman–Crippen MR) is 101 cm³/mol. The van der Waals surface area contributed by atoms with E-state index < -0.39 is 54.5 Å². The lowest BCUT2D eigenvalue weighted by Crippen LogP contribution is -2.66. The maximum Gasteiger partial charge on any atom is 0.303 e. The van der Waals surface area contributed by atoms with Gasteiger partial charge in [-0.2, -0.15) is 4.91 Å². The Morgan fingerprint density at radius 1 is 0.903 bits per heavy atom. The lowest BCUT2D eigenvalue weighted by molar-refractivity contribution is -0.279. The van der Waals surface area contributed by atoms with Crippen LogP contribution < -0.4 is 5.32 Å². The largest absolute Gasteiger partial charge is 0.463 e. The second-order valence-electron chi connectivity index (χ2n) is 6.56. The first-order chi connectivity index (χ1) is 14.6. The Kier molecular flexibility index (Phi) is 11.6. The molecule has 0 spiro atoms. The van der Waals surface area contributed by atoms with Gasteiger partial charge in [-0.05, 0) is 0 Å². The van der Waals surface area contributed by atoms with E-state index in [1.165, 1.54) is 13.8 Å². The Morgan fingerprint density at radius 2 is 1.55 bits per heavy atom. The summed E-state index contributed by atoms with van der Waals surface area (Å²) in [5.41, 5.74) is 0. The van der Waals surface area contributed by atoms with Gasteiger partial charge in [0.2, 0.25) is 5.91 Å². The van der Waals surface area contributed by atoms with Crippen LogP contribution in [0.15, 0.2) is 5.18 Å². The van der Waals surface area contributed by atoms with E-state index in [0.717, 1.165) is 13.8 Å². The molecule has 176 valence electrons. The zero-order valence-corrected chi connectivity index (χ0v) is 17.9. The van der Waals surface area contributed by atoms with Crippen molar-refractivity contribution in [1.82, 2.24) is 5.32 Å². The minimum Gasteiger partial charge on any atom is -0.463 e. The first-order valence-corrected chi connectivity index (χ1v) is 9.54. The van der Waals surface area contributed by atoms with Crippen molar-refractivity contribution in [2.24, 2.45) is 5.18 Å². The van der Waals surface area contributed by atoms with Gasteiger partial charge in [-0.3, -0.25) is 19.2 Å². The van der Waals surface area contributed by atoms with Crippen LogP contribution in [0, 0.1) is 4.91 Å². The van der Waals surface area contributed by atoms with Gasteiger partial charge < -0.3 is 33.7 Å². The fourth-order valence-corrected chi connectivity index (χ4v) is 2.86. The minimum absolute atomic E-state index is 0.00901. The molecular weight excluding hydrogens is 420 g/mol. The molecule has 1 fully saturated rings. The molecule has 13 nitrogen and oxygen atoms in total. The Labute approximate surface area is 179 Å². The summed E-state index contributed by atoms with van der Waals surface area (Å²) in [4.78, 5) is 56.5. The fourth-order valence-electron chi connectivity index (χ4n) is 2.86. The van der Waals surface area contributed by atoms with E-state index in [2.05, 4.69) is 10.5 Å². The molecule has 0 aromatic heterocycles. The molecular formula is C18H28N2O11. The normalized spacial score (nSPS) is 25.2. The summed E-state index contributed by atoms with van der Waals surface area (Å²) in [5.74, 6) is -2.48. The first-order valence-electron chi connectivity index (χ1n) is 9.54. The summed E-state index contributed by atoms with van der Waals surface area (Å²) in [5, 5.41) is 5.24. The number of rotatable bonds is 12. The molecule has 31 heavy (non-hydrogen) atoms. The number of nitrogens with one attached hydrogen (secondary N) is 1. The number of amides is 1. The Morgan fingerprint density at radius 3 is 2.10 bits per heavy atom. The molecule has 0 bridgehead atoms. The van der Waals surface area contributed by atoms with E-state index in [1.807, 2.05) is 0 Å². The van der Waals surface area contributed by atoms with Gasteiger partial charge in [-0.15, -0.1) is 0 Å². The first kappa shape index (κ1) is 26.4. The van der Waals surface area contributed by atoms with Gasteiger partial charge in [-0.1, -0.05) is 5.18 Å². The number of hydrogen-bond acceptors (Lipinski definition) is 12. The average molecular weight is 448 g/mol. The summed E-state index contributed by atoms with van der Waals surface area (Å²) in [7, 11) is 0. The molecule has 1 saturated heterocycles. The van der Waals surface area contributed by atoms with E-state index in [4.69, 9.17) is 28.4 Å². The number of esters is 3. The second-order valence-corrected chi connectivity index (χ2v) is 6.56. The molecule has 13 heteroatoms. The summed E-state index contributed by atoms with van der Waals surface area (Å²) >= 11 is 0. The Hall–Kier alpha value is -2.64. The molecule has 0 radical (unpaired) electrons. The molecule has 0 unspecified atom stereocenters. The van der Waals surface area contributed by atoms with Crippen LogP contribution >= 0.6 is 0 Å². The zero-order valence-electron chi connectivity index (χ0n) is 17.9. The highest BCUT2D eigenvalue weighted by molar-refractivity contribution is 5.73. The third-order valence-corrected chi connectivity index (χ3v) is 3.91. The number of hydrogen-bond donors (Lipinski definition) is 1. The third kappa shape index (κ3) is 9.81. The smallest absolute Gasteiger partial charge is 0.303 e. The number of nitroso groups, excluding NO2 is 1. The van der Waals surface area contributed by atoms with Gasteiger partial charge in [0.05, 0.1) is 19.8 Å². The average Bonchev–Trinajstić information content (AvgIpc) is 2.66. The highest BCUT2D eigenvalue weighted by atomic mass is 16.7. The lowest BCUT2D eigenvalue weighted by Gasteiger charge is -2.44. The van der Waals surface area contributed by atoms with Gasteiger partial charge in [0.25, 0.3) is 0 Å². The summed E-state index contributed by atoms with van der Waals surface area (Å²) in [6, 6.07) is -1.05. The Bertz CT molecular complexity index is 642. The fraction of sp³-hybridized carbons (Fsp3) is 0.778. The Balaban J connectivity index is 3.08. The summed E-state index contributed by atoms with van der Waals surface area (Å²) < 4.78 is 32.2. The van der Waals surface area contributed by atoms with Crippen molar-refractivity contribution in [3.8, 4) is 0 Å². The molecule has 0 aliphatic carbocycles. The van der Waals surface area contributed by atoms with Crippen molar-refractivity contribution in [3.05, 3.63) is 4.91 Å². The number of carbonyl (C=O) groups excluding carboxylic acids is 4. The summed E-state index contributed by atoms with van der Waals surface area (Å²) in [6.45, 7) is 4.57. The van der Waals surface area contributed by atoms with E-state index >= 15 is 0 Å². The van der Waals surface area contributed by atoms with Gasteiger partial charge in [0, 0.05) is 27.7 Å². The SMILES string of the molecule is CC(=O)N[C@H]1[C@H](OCCOCCN=O)O[C@H](COC(C)=O)[C@H](OC(C)=O)[C@@H]1OC(C)=O. The third-order valence-electron chi connectivity index (χ3n) is 3.91. The molecule has 1 aliphatic rings. The maximum atomic E-state index is 11.8. The summed E-state index contributed by atoms with van der Waals surface area (Å²) in [6.07, 6.45) is -4.59. The highest BCUT2D eigenvalue weighted by Crippen LogP contribution is 2.28. The topological polar surface area (TPSA) is 165 Å². The second kappa shape index (κ2) is 13.6. The standard InChI is InChI=1S/C18H28N2O11/c1-10(21)20-15-17(30-13(4)24)16(29-12(3)23)14(9-28-11(2)22)31-18(15)27-8-7-26-6-5-19-25/h14-18H,5-9H2,1-4H3,(H,20,21)/t14-,15-,16+,17-,18-/m1/s1. The molecule has 1 amide bonds. The number of nitrogens with zero attached hydrogens (tertiary/aromatic N) is 1. The van der Waals surface area contributed by atoms with Crippen molar-refractivity contribution in [2.45, 2.75) is 58.3 Å². The molecule has 0 saturated carbocycles. The van der Waals surface area contributed by atoms with Crippen LogP contribution in [0.1, 0.15) is 27.7 Å². The monoisotopic (exact) mass is 448 g/mol. The molecule has 0 aromatic carbocycles. The van der Waals surface area contributed by atoms with E-state index in [9.17, 15) is 24.1 Å². The van der Waals surface area contributed by atoms with Gasteiger partial charge in [0.1, 0.15) is 25.3 Å². The van der Waals surface area contributed by atoms with E-state index in [0.29, 0.717) is 0 Å². The van der Waals surface area contributed by atoms with E-state index in [-0.39, 0.29) is 33.0 Å². The van der Waals surface area contributed by atoms with Crippen LogP contribution in [0.25, 0.3) is 0 Å². The van der Waals surface area contributed by atoms with Gasteiger partial charge in [0.15, 0.2) is 18.5 Å². The van der Waals surface area contributed by atoms with Crippen LogP contribution in [-0.2, 0) is 47.6 Å². The van der Waals surface area contributed by atoms with Crippen molar-refractivity contribution >= 4 is 23.8 Å². The van der Waals surface area contributed by atoms with Crippen LogP contribution in [0.4, 0.5) is 0 Å². The predicted octanol–water partition coefficient (Wildman–Crippen LogP) is -0.558. The van der Waals surface area contributed by atoms with Gasteiger partial charge in [-0.25, -0.2) is 0 Å².